The maximum absolute atomic E-state index is 14.2. The summed E-state index contributed by atoms with van der Waals surface area (Å²) in [7, 11) is 4.26. The lowest BCUT2D eigenvalue weighted by Gasteiger charge is -2.67. The number of hydrogen-bond acceptors (Lipinski definition) is 4. The van der Waals surface area contributed by atoms with Crippen molar-refractivity contribution in [3.8, 4) is 11.3 Å². The number of imidazole rings is 1. The minimum absolute atomic E-state index is 0.135. The topological polar surface area (TPSA) is 58.4 Å². The number of aromatic nitrogens is 2. The van der Waals surface area contributed by atoms with Crippen molar-refractivity contribution >= 4 is 17.4 Å². The SMILES string of the molecule is CC(C)C1=C2C3CCC4C(C)(CCC5C(C)C(O)CCC54C)C3CCC2(Cc2ncc(-c3ccc(Cl)cc3)n2CCN(C)C)CC1=O. The van der Waals surface area contributed by atoms with Gasteiger partial charge in [-0.1, -0.05) is 63.9 Å². The monoisotopic (exact) mass is 659 g/mol. The lowest BCUT2D eigenvalue weighted by molar-refractivity contribution is -0.178. The zero-order valence-electron chi connectivity index (χ0n) is 30.0. The minimum Gasteiger partial charge on any atom is -0.393 e. The summed E-state index contributed by atoms with van der Waals surface area (Å²) in [6.45, 7) is 13.9. The number of rotatable bonds is 7. The Morgan fingerprint density at radius 2 is 1.68 bits per heavy atom. The van der Waals surface area contributed by atoms with Gasteiger partial charge in [0.15, 0.2) is 5.78 Å². The second kappa shape index (κ2) is 12.1. The Labute approximate surface area is 288 Å². The first-order valence-electron chi connectivity index (χ1n) is 18.7. The van der Waals surface area contributed by atoms with Gasteiger partial charge >= 0.3 is 0 Å². The molecule has 9 atom stereocenters. The predicted molar refractivity (Wildman–Crippen MR) is 191 cm³/mol. The summed E-state index contributed by atoms with van der Waals surface area (Å²) in [5.74, 6) is 4.60. The largest absolute Gasteiger partial charge is 0.393 e. The number of benzene rings is 1. The van der Waals surface area contributed by atoms with Gasteiger partial charge in [-0.05, 0) is 135 Å². The predicted octanol–water partition coefficient (Wildman–Crippen LogP) is 8.87. The molecule has 0 spiro atoms. The van der Waals surface area contributed by atoms with E-state index in [1.807, 2.05) is 18.3 Å². The molecular formula is C41H58ClN3O2. The fourth-order valence-electron chi connectivity index (χ4n) is 12.5. The highest BCUT2D eigenvalue weighted by Gasteiger charge is 2.64. The number of halogens is 1. The molecule has 1 N–H and O–H groups in total. The molecule has 0 aliphatic heterocycles. The van der Waals surface area contributed by atoms with Crippen molar-refractivity contribution in [2.24, 2.45) is 51.8 Å². The molecule has 1 aromatic heterocycles. The normalized spacial score (nSPS) is 38.4. The average Bonchev–Trinajstić information content (AvgIpc) is 3.55. The van der Waals surface area contributed by atoms with Crippen LogP contribution in [-0.2, 0) is 17.8 Å². The van der Waals surface area contributed by atoms with Gasteiger partial charge in [0.05, 0.1) is 18.0 Å². The van der Waals surface area contributed by atoms with Crippen LogP contribution < -0.4 is 0 Å². The van der Waals surface area contributed by atoms with Gasteiger partial charge in [-0.3, -0.25) is 4.79 Å². The minimum atomic E-state index is -0.141. The molecule has 6 heteroatoms. The van der Waals surface area contributed by atoms with E-state index in [2.05, 4.69) is 70.3 Å². The van der Waals surface area contributed by atoms with Gasteiger partial charge in [-0.25, -0.2) is 4.98 Å². The second-order valence-corrected chi connectivity index (χ2v) is 18.0. The number of carbonyl (C=O) groups is 1. The first-order valence-corrected chi connectivity index (χ1v) is 19.1. The molecule has 4 saturated carbocycles. The van der Waals surface area contributed by atoms with Crippen molar-refractivity contribution in [1.29, 1.82) is 0 Å². The third-order valence-electron chi connectivity index (χ3n) is 14.6. The van der Waals surface area contributed by atoms with Crippen molar-refractivity contribution in [3.63, 3.8) is 0 Å². The third-order valence-corrected chi connectivity index (χ3v) is 14.9. The highest BCUT2D eigenvalue weighted by Crippen LogP contribution is 2.71. The molecule has 47 heavy (non-hydrogen) atoms. The Balaban J connectivity index is 1.26. The molecular weight excluding hydrogens is 602 g/mol. The Morgan fingerprint density at radius 1 is 1.00 bits per heavy atom. The van der Waals surface area contributed by atoms with E-state index in [9.17, 15) is 9.90 Å². The van der Waals surface area contributed by atoms with E-state index in [1.54, 1.807) is 5.57 Å². The Kier molecular flexibility index (Phi) is 8.65. The third kappa shape index (κ3) is 5.32. The molecule has 1 heterocycles. The van der Waals surface area contributed by atoms with Crippen molar-refractivity contribution in [2.45, 2.75) is 111 Å². The molecule has 0 bridgehead atoms. The number of allylic oxidation sites excluding steroid dienone is 2. The molecule has 5 nitrogen and oxygen atoms in total. The van der Waals surface area contributed by atoms with Crippen LogP contribution in [0, 0.1) is 51.8 Å². The standard InChI is InChI=1S/C41H58ClN3O2/c1-25(2)37-34(47)22-41(23-36-43-24-32(45(36)21-20-44(6)7)27-8-10-28(42)11-9-27)19-15-31-29(38(37)41)12-13-35-39(4)18-16-33(46)26(3)30(39)14-17-40(31,35)5/h8-11,24-26,29-31,33,35,46H,12-23H2,1-7H3. The van der Waals surface area contributed by atoms with Crippen LogP contribution in [0.3, 0.4) is 0 Å². The van der Waals surface area contributed by atoms with Gasteiger partial charge in [0, 0.05) is 36.4 Å². The molecule has 9 unspecified atom stereocenters. The number of carbonyl (C=O) groups excluding carboxylic acids is 1. The van der Waals surface area contributed by atoms with Crippen LogP contribution in [0.15, 0.2) is 41.6 Å². The lowest BCUT2D eigenvalue weighted by atomic mass is 9.38. The van der Waals surface area contributed by atoms with Crippen LogP contribution in [0.5, 0.6) is 0 Å². The first-order chi connectivity index (χ1) is 22.3. The summed E-state index contributed by atoms with van der Waals surface area (Å²) < 4.78 is 2.43. The maximum atomic E-state index is 14.2. The van der Waals surface area contributed by atoms with Gasteiger partial charge in [0.1, 0.15) is 5.82 Å². The van der Waals surface area contributed by atoms with Gasteiger partial charge in [-0.15, -0.1) is 0 Å². The number of ketones is 1. The van der Waals surface area contributed by atoms with E-state index in [-0.39, 0.29) is 22.9 Å². The number of aliphatic hydroxyl groups excluding tert-OH is 1. The number of aliphatic hydroxyl groups is 1. The quantitative estimate of drug-likeness (QED) is 0.323. The average molecular weight is 660 g/mol. The van der Waals surface area contributed by atoms with Gasteiger partial charge < -0.3 is 14.6 Å². The van der Waals surface area contributed by atoms with E-state index >= 15 is 0 Å². The van der Waals surface area contributed by atoms with Gasteiger partial charge in [-0.2, -0.15) is 0 Å². The number of nitrogens with zero attached hydrogens (tertiary/aromatic N) is 3. The van der Waals surface area contributed by atoms with Crippen LogP contribution in [0.4, 0.5) is 0 Å². The summed E-state index contributed by atoms with van der Waals surface area (Å²) >= 11 is 6.27. The summed E-state index contributed by atoms with van der Waals surface area (Å²) in [5.41, 5.74) is 5.44. The van der Waals surface area contributed by atoms with Crippen LogP contribution in [0.2, 0.25) is 5.02 Å². The van der Waals surface area contributed by atoms with Crippen LogP contribution >= 0.6 is 11.6 Å². The van der Waals surface area contributed by atoms with Gasteiger partial charge in [0.2, 0.25) is 0 Å². The van der Waals surface area contributed by atoms with Crippen molar-refractivity contribution in [2.75, 3.05) is 20.6 Å². The van der Waals surface area contributed by atoms with Crippen LogP contribution in [0.1, 0.15) is 98.2 Å². The molecule has 2 aromatic rings. The molecule has 1 aromatic carbocycles. The van der Waals surface area contributed by atoms with Crippen molar-refractivity contribution in [3.05, 3.63) is 52.5 Å². The lowest BCUT2D eigenvalue weighted by Crippen LogP contribution is -2.60. The fraction of sp³-hybridized carbons (Fsp3) is 0.707. The second-order valence-electron chi connectivity index (χ2n) is 17.6. The maximum Gasteiger partial charge on any atom is 0.160 e. The molecule has 5 aliphatic rings. The molecule has 5 aliphatic carbocycles. The van der Waals surface area contributed by atoms with E-state index in [1.165, 1.54) is 37.7 Å². The molecule has 4 fully saturated rings. The van der Waals surface area contributed by atoms with Crippen molar-refractivity contribution in [1.82, 2.24) is 14.5 Å². The molecule has 7 rings (SSSR count). The summed E-state index contributed by atoms with van der Waals surface area (Å²) in [4.78, 5) is 21.5. The number of fused-ring (bicyclic) bond motifs is 7. The van der Waals surface area contributed by atoms with E-state index in [0.29, 0.717) is 47.2 Å². The Morgan fingerprint density at radius 3 is 2.38 bits per heavy atom. The number of hydrogen-bond donors (Lipinski definition) is 1. The highest BCUT2D eigenvalue weighted by atomic mass is 35.5. The molecule has 0 saturated heterocycles. The van der Waals surface area contributed by atoms with E-state index < -0.39 is 0 Å². The first kappa shape index (κ1) is 33.5. The smallest absolute Gasteiger partial charge is 0.160 e. The summed E-state index contributed by atoms with van der Waals surface area (Å²) in [5, 5.41) is 11.6. The van der Waals surface area contributed by atoms with Crippen molar-refractivity contribution < 1.29 is 9.90 Å². The summed E-state index contributed by atoms with van der Waals surface area (Å²) in [6.07, 6.45) is 12.8. The highest BCUT2D eigenvalue weighted by molar-refractivity contribution is 6.30. The zero-order valence-corrected chi connectivity index (χ0v) is 30.7. The Hall–Kier alpha value is -1.95. The zero-order chi connectivity index (χ0) is 33.5. The van der Waals surface area contributed by atoms with Gasteiger partial charge in [0.25, 0.3) is 0 Å². The van der Waals surface area contributed by atoms with E-state index in [4.69, 9.17) is 16.6 Å². The molecule has 256 valence electrons. The summed E-state index contributed by atoms with van der Waals surface area (Å²) in [6, 6.07) is 8.13. The van der Waals surface area contributed by atoms with E-state index in [0.717, 1.165) is 60.9 Å². The molecule has 0 amide bonds. The Bertz CT molecular complexity index is 1540. The molecule has 0 radical (unpaired) electrons. The van der Waals surface area contributed by atoms with Crippen LogP contribution in [0.25, 0.3) is 11.3 Å². The number of Topliss-reactive ketones (excluding diaryl/α,β-unsaturated/α-hetero) is 1. The van der Waals surface area contributed by atoms with Crippen LogP contribution in [-0.4, -0.2) is 52.1 Å². The fourth-order valence-corrected chi connectivity index (χ4v) is 12.6. The number of likely N-dealkylation sites (N-methyl/N-ethyl adjacent to an activating group) is 1.